The van der Waals surface area contributed by atoms with Crippen molar-refractivity contribution >= 4 is 31.9 Å². The maximum absolute atomic E-state index is 12.2. The number of hydrogen-bond acceptors (Lipinski definition) is 4. The molecule has 6 nitrogen and oxygen atoms in total. The van der Waals surface area contributed by atoms with E-state index in [9.17, 15) is 13.2 Å². The zero-order valence-electron chi connectivity index (χ0n) is 13.0. The Balaban J connectivity index is 1.87. The molecule has 2 aromatic carbocycles. The van der Waals surface area contributed by atoms with Crippen LogP contribution in [0.3, 0.4) is 0 Å². The standard InChI is InChI=1S/C16H17BrN2O4S/c1-23-13-8-6-12(7-9-13)10-18-16(20)11-19-24(21,22)15-5-3-2-4-14(15)17/h2-9,19H,10-11H2,1H3,(H,18,20). The first kappa shape index (κ1) is 18.4. The molecule has 1 amide bonds. The van der Waals surface area contributed by atoms with Gasteiger partial charge < -0.3 is 10.1 Å². The zero-order valence-corrected chi connectivity index (χ0v) is 15.4. The number of benzene rings is 2. The summed E-state index contributed by atoms with van der Waals surface area (Å²) in [5.41, 5.74) is 0.887. The van der Waals surface area contributed by atoms with Crippen molar-refractivity contribution in [3.05, 3.63) is 58.6 Å². The van der Waals surface area contributed by atoms with Gasteiger partial charge in [0, 0.05) is 11.0 Å². The van der Waals surface area contributed by atoms with Crippen LogP contribution in [0.5, 0.6) is 5.75 Å². The van der Waals surface area contributed by atoms with Crippen LogP contribution in [0.1, 0.15) is 5.56 Å². The quantitative estimate of drug-likeness (QED) is 0.728. The number of nitrogens with one attached hydrogen (secondary N) is 2. The van der Waals surface area contributed by atoms with Crippen LogP contribution in [0.2, 0.25) is 0 Å². The molecule has 0 aliphatic carbocycles. The highest BCUT2D eigenvalue weighted by Gasteiger charge is 2.17. The molecule has 8 heteroatoms. The lowest BCUT2D eigenvalue weighted by atomic mass is 10.2. The highest BCUT2D eigenvalue weighted by atomic mass is 79.9. The molecule has 2 rings (SSSR count). The van der Waals surface area contributed by atoms with Crippen molar-refractivity contribution < 1.29 is 17.9 Å². The van der Waals surface area contributed by atoms with Crippen molar-refractivity contribution in [1.82, 2.24) is 10.0 Å². The Labute approximate surface area is 149 Å². The first-order valence-electron chi connectivity index (χ1n) is 7.06. The van der Waals surface area contributed by atoms with E-state index in [1.54, 1.807) is 37.4 Å². The van der Waals surface area contributed by atoms with Crippen LogP contribution in [0.4, 0.5) is 0 Å². The van der Waals surface area contributed by atoms with E-state index in [2.05, 4.69) is 26.0 Å². The highest BCUT2D eigenvalue weighted by Crippen LogP contribution is 2.20. The number of rotatable bonds is 7. The number of ether oxygens (including phenoxy) is 1. The number of methoxy groups -OCH3 is 1. The van der Waals surface area contributed by atoms with E-state index in [0.29, 0.717) is 11.0 Å². The molecule has 0 bridgehead atoms. The number of amides is 1. The largest absolute Gasteiger partial charge is 0.497 e. The zero-order chi connectivity index (χ0) is 17.6. The van der Waals surface area contributed by atoms with Gasteiger partial charge in [-0.3, -0.25) is 4.79 Å². The molecular weight excluding hydrogens is 396 g/mol. The molecule has 24 heavy (non-hydrogen) atoms. The maximum atomic E-state index is 12.2. The number of halogens is 1. The van der Waals surface area contributed by atoms with Crippen LogP contribution in [0, 0.1) is 0 Å². The summed E-state index contributed by atoms with van der Waals surface area (Å²) in [5.74, 6) is 0.313. The second-order valence-electron chi connectivity index (χ2n) is 4.88. The first-order chi connectivity index (χ1) is 11.4. The molecule has 128 valence electrons. The van der Waals surface area contributed by atoms with Crippen molar-refractivity contribution in [1.29, 1.82) is 0 Å². The van der Waals surface area contributed by atoms with Crippen molar-refractivity contribution in [3.8, 4) is 5.75 Å². The van der Waals surface area contributed by atoms with Crippen LogP contribution in [-0.4, -0.2) is 28.0 Å². The molecule has 0 aliphatic rings. The SMILES string of the molecule is COc1ccc(CNC(=O)CNS(=O)(=O)c2ccccc2Br)cc1. The third-order valence-corrected chi connectivity index (χ3v) is 5.61. The molecule has 0 radical (unpaired) electrons. The molecule has 0 saturated carbocycles. The summed E-state index contributed by atoms with van der Waals surface area (Å²) in [6, 6.07) is 13.6. The van der Waals surface area contributed by atoms with Gasteiger partial charge in [-0.05, 0) is 45.8 Å². The van der Waals surface area contributed by atoms with Gasteiger partial charge in [-0.2, -0.15) is 0 Å². The van der Waals surface area contributed by atoms with Crippen molar-refractivity contribution in [3.63, 3.8) is 0 Å². The average Bonchev–Trinajstić information content (AvgIpc) is 2.59. The number of sulfonamides is 1. The van der Waals surface area contributed by atoms with Gasteiger partial charge in [-0.1, -0.05) is 24.3 Å². The normalized spacial score (nSPS) is 11.1. The minimum atomic E-state index is -3.75. The Morgan fingerprint density at radius 3 is 2.42 bits per heavy atom. The smallest absolute Gasteiger partial charge is 0.242 e. The Bertz CT molecular complexity index is 807. The Hall–Kier alpha value is -1.90. The topological polar surface area (TPSA) is 84.5 Å². The second kappa shape index (κ2) is 8.27. The van der Waals surface area contributed by atoms with E-state index < -0.39 is 15.9 Å². The summed E-state index contributed by atoms with van der Waals surface area (Å²) in [7, 11) is -2.17. The van der Waals surface area contributed by atoms with Crippen LogP contribution in [-0.2, 0) is 21.4 Å². The van der Waals surface area contributed by atoms with Gasteiger partial charge in [0.2, 0.25) is 15.9 Å². The first-order valence-corrected chi connectivity index (χ1v) is 9.34. The molecule has 0 unspecified atom stereocenters. The predicted molar refractivity (Wildman–Crippen MR) is 94.2 cm³/mol. The maximum Gasteiger partial charge on any atom is 0.242 e. The number of hydrogen-bond donors (Lipinski definition) is 2. The summed E-state index contributed by atoms with van der Waals surface area (Å²) in [5, 5.41) is 2.66. The lowest BCUT2D eigenvalue weighted by molar-refractivity contribution is -0.120. The molecule has 0 atom stereocenters. The van der Waals surface area contributed by atoms with Crippen LogP contribution in [0.25, 0.3) is 0 Å². The minimum absolute atomic E-state index is 0.0907. The van der Waals surface area contributed by atoms with Crippen LogP contribution < -0.4 is 14.8 Å². The molecule has 0 aliphatic heterocycles. The third-order valence-electron chi connectivity index (χ3n) is 3.20. The number of carbonyl (C=O) groups is 1. The van der Waals surface area contributed by atoms with Gasteiger partial charge in [0.1, 0.15) is 5.75 Å². The number of carbonyl (C=O) groups excluding carboxylic acids is 1. The van der Waals surface area contributed by atoms with E-state index in [-0.39, 0.29) is 11.4 Å². The summed E-state index contributed by atoms with van der Waals surface area (Å²) in [6.45, 7) is -0.0284. The van der Waals surface area contributed by atoms with E-state index in [1.807, 2.05) is 12.1 Å². The second-order valence-corrected chi connectivity index (χ2v) is 7.47. The molecule has 0 heterocycles. The van der Waals surface area contributed by atoms with Gasteiger partial charge >= 0.3 is 0 Å². The Morgan fingerprint density at radius 1 is 1.12 bits per heavy atom. The molecule has 0 spiro atoms. The fraction of sp³-hybridized carbons (Fsp3) is 0.188. The predicted octanol–water partition coefficient (Wildman–Crippen LogP) is 2.05. The molecule has 0 saturated heterocycles. The van der Waals surface area contributed by atoms with Gasteiger partial charge in [0.15, 0.2) is 0 Å². The Kier molecular flexibility index (Phi) is 6.36. The molecule has 0 fully saturated rings. The monoisotopic (exact) mass is 412 g/mol. The van der Waals surface area contributed by atoms with Crippen molar-refractivity contribution in [2.45, 2.75) is 11.4 Å². The van der Waals surface area contributed by atoms with E-state index >= 15 is 0 Å². The van der Waals surface area contributed by atoms with Crippen molar-refractivity contribution in [2.24, 2.45) is 0 Å². The summed E-state index contributed by atoms with van der Waals surface area (Å²) >= 11 is 3.18. The van der Waals surface area contributed by atoms with Gasteiger partial charge in [0.25, 0.3) is 0 Å². The minimum Gasteiger partial charge on any atom is -0.497 e. The summed E-state index contributed by atoms with van der Waals surface area (Å²) < 4.78 is 32.1. The summed E-state index contributed by atoms with van der Waals surface area (Å²) in [4.78, 5) is 11.9. The lowest BCUT2D eigenvalue weighted by Gasteiger charge is -2.09. The van der Waals surface area contributed by atoms with Crippen molar-refractivity contribution in [2.75, 3.05) is 13.7 Å². The van der Waals surface area contributed by atoms with Crippen LogP contribution >= 0.6 is 15.9 Å². The molecule has 2 aromatic rings. The fourth-order valence-electron chi connectivity index (χ4n) is 1.91. The van der Waals surface area contributed by atoms with Gasteiger partial charge in [-0.15, -0.1) is 0 Å². The Morgan fingerprint density at radius 2 is 1.79 bits per heavy atom. The van der Waals surface area contributed by atoms with E-state index in [0.717, 1.165) is 11.3 Å². The van der Waals surface area contributed by atoms with E-state index in [4.69, 9.17) is 4.74 Å². The lowest BCUT2D eigenvalue weighted by Crippen LogP contribution is -2.36. The molecule has 0 aromatic heterocycles. The van der Waals surface area contributed by atoms with Crippen LogP contribution in [0.15, 0.2) is 57.9 Å². The van der Waals surface area contributed by atoms with E-state index in [1.165, 1.54) is 6.07 Å². The fourth-order valence-corrected chi connectivity index (χ4v) is 3.89. The van der Waals surface area contributed by atoms with Gasteiger partial charge in [-0.25, -0.2) is 13.1 Å². The highest BCUT2D eigenvalue weighted by molar-refractivity contribution is 9.10. The molecule has 2 N–H and O–H groups in total. The van der Waals surface area contributed by atoms with Gasteiger partial charge in [0.05, 0.1) is 18.6 Å². The molecular formula is C16H17BrN2O4S. The summed E-state index contributed by atoms with van der Waals surface area (Å²) in [6.07, 6.45) is 0. The third kappa shape index (κ3) is 5.05. The average molecular weight is 413 g/mol.